The average Bonchev–Trinajstić information content (AvgIpc) is 2.60. The van der Waals surface area contributed by atoms with Crippen molar-refractivity contribution in [2.45, 2.75) is 32.9 Å². The summed E-state index contributed by atoms with van der Waals surface area (Å²) >= 11 is 1.95. The minimum absolute atomic E-state index is 0.0280. The molecule has 1 atom stereocenters. The average molecular weight is 334 g/mol. The van der Waals surface area contributed by atoms with Crippen LogP contribution in [0, 0.1) is 0 Å². The summed E-state index contributed by atoms with van der Waals surface area (Å²) in [6.45, 7) is 6.53. The lowest BCUT2D eigenvalue weighted by molar-refractivity contribution is 0.0939. The molecule has 1 unspecified atom stereocenters. The maximum Gasteiger partial charge on any atom is 0.251 e. The van der Waals surface area contributed by atoms with E-state index in [-0.39, 0.29) is 11.9 Å². The van der Waals surface area contributed by atoms with Crippen LogP contribution in [0.25, 0.3) is 0 Å². The fraction of sp³-hybridized carbons (Fsp3) is 0.529. The van der Waals surface area contributed by atoms with E-state index in [9.17, 15) is 4.79 Å². The molecular weight excluding hydrogens is 308 g/mol. The van der Waals surface area contributed by atoms with Gasteiger partial charge in [0.1, 0.15) is 0 Å². The Hall–Kier alpha value is -1.69. The molecule has 1 saturated heterocycles. The molecule has 1 heterocycles. The molecule has 0 spiro atoms. The Morgan fingerprint density at radius 1 is 1.35 bits per heavy atom. The van der Waals surface area contributed by atoms with Crippen molar-refractivity contribution < 1.29 is 4.79 Å². The number of amides is 1. The van der Waals surface area contributed by atoms with Crippen molar-refractivity contribution >= 4 is 23.6 Å². The lowest BCUT2D eigenvalue weighted by Gasteiger charge is -2.27. The summed E-state index contributed by atoms with van der Waals surface area (Å²) in [5.41, 5.74) is 7.78. The lowest BCUT2D eigenvalue weighted by Crippen LogP contribution is -2.42. The van der Waals surface area contributed by atoms with Crippen LogP contribution in [0.4, 0.5) is 0 Å². The van der Waals surface area contributed by atoms with Gasteiger partial charge in [-0.1, -0.05) is 19.1 Å². The second-order valence-corrected chi connectivity index (χ2v) is 6.98. The molecule has 1 aliphatic heterocycles. The standard InChI is InChI=1S/C17H26N4OS/c1-3-13(2)20-16(22)15-6-4-14(5-7-15)12-19-17(18)21-8-10-23-11-9-21/h4-7,13H,3,8-12H2,1-2H3,(H2,18,19)(H,20,22). The first kappa shape index (κ1) is 17.7. The van der Waals surface area contributed by atoms with E-state index < -0.39 is 0 Å². The van der Waals surface area contributed by atoms with Crippen molar-refractivity contribution in [1.29, 1.82) is 0 Å². The van der Waals surface area contributed by atoms with E-state index in [1.54, 1.807) is 0 Å². The molecule has 2 rings (SSSR count). The van der Waals surface area contributed by atoms with Crippen LogP contribution in [0.3, 0.4) is 0 Å². The van der Waals surface area contributed by atoms with Crippen LogP contribution >= 0.6 is 11.8 Å². The highest BCUT2D eigenvalue weighted by atomic mass is 32.2. The van der Waals surface area contributed by atoms with Crippen LogP contribution in [0.15, 0.2) is 29.3 Å². The topological polar surface area (TPSA) is 70.7 Å². The Morgan fingerprint density at radius 2 is 2.00 bits per heavy atom. The first-order chi connectivity index (χ1) is 11.1. The van der Waals surface area contributed by atoms with Gasteiger partial charge in [0.05, 0.1) is 6.54 Å². The molecule has 1 amide bonds. The van der Waals surface area contributed by atoms with Gasteiger partial charge in [-0.15, -0.1) is 0 Å². The number of thioether (sulfide) groups is 1. The van der Waals surface area contributed by atoms with Gasteiger partial charge in [-0.25, -0.2) is 4.99 Å². The zero-order valence-corrected chi connectivity index (χ0v) is 14.7. The minimum Gasteiger partial charge on any atom is -0.370 e. The van der Waals surface area contributed by atoms with Gasteiger partial charge >= 0.3 is 0 Å². The zero-order chi connectivity index (χ0) is 16.7. The summed E-state index contributed by atoms with van der Waals surface area (Å²) in [6.07, 6.45) is 0.923. The Bertz CT molecular complexity index is 538. The SMILES string of the molecule is CCC(C)NC(=O)c1ccc(CN=C(N)N2CCSCC2)cc1. The molecular formula is C17H26N4OS. The minimum atomic E-state index is -0.0280. The summed E-state index contributed by atoms with van der Waals surface area (Å²) in [5, 5.41) is 2.96. The molecule has 1 aromatic rings. The first-order valence-corrected chi connectivity index (χ1v) is 9.28. The molecule has 1 aliphatic rings. The first-order valence-electron chi connectivity index (χ1n) is 8.12. The molecule has 126 valence electrons. The van der Waals surface area contributed by atoms with Crippen molar-refractivity contribution in [1.82, 2.24) is 10.2 Å². The molecule has 0 saturated carbocycles. The fourth-order valence-corrected chi connectivity index (χ4v) is 3.14. The maximum absolute atomic E-state index is 12.0. The molecule has 0 aliphatic carbocycles. The third-order valence-corrected chi connectivity index (χ3v) is 4.91. The predicted molar refractivity (Wildman–Crippen MR) is 97.9 cm³/mol. The Balaban J connectivity index is 1.90. The number of guanidine groups is 1. The summed E-state index contributed by atoms with van der Waals surface area (Å²) < 4.78 is 0. The number of benzene rings is 1. The third kappa shape index (κ3) is 5.46. The van der Waals surface area contributed by atoms with Gasteiger partial charge in [0.2, 0.25) is 0 Å². The van der Waals surface area contributed by atoms with Gasteiger partial charge in [-0.05, 0) is 31.0 Å². The molecule has 23 heavy (non-hydrogen) atoms. The summed E-state index contributed by atoms with van der Waals surface area (Å²) in [6, 6.07) is 7.75. The van der Waals surface area contributed by atoms with E-state index in [1.807, 2.05) is 43.0 Å². The number of carbonyl (C=O) groups excluding carboxylic acids is 1. The maximum atomic E-state index is 12.0. The fourth-order valence-electron chi connectivity index (χ4n) is 2.24. The Morgan fingerprint density at radius 3 is 2.61 bits per heavy atom. The summed E-state index contributed by atoms with van der Waals surface area (Å²) in [5.74, 6) is 2.80. The van der Waals surface area contributed by atoms with E-state index in [1.165, 1.54) is 0 Å². The zero-order valence-electron chi connectivity index (χ0n) is 13.9. The van der Waals surface area contributed by atoms with Gasteiger partial charge in [-0.3, -0.25) is 4.79 Å². The number of nitrogens with one attached hydrogen (secondary N) is 1. The van der Waals surface area contributed by atoms with E-state index in [0.29, 0.717) is 18.1 Å². The van der Waals surface area contributed by atoms with Crippen LogP contribution in [0.2, 0.25) is 0 Å². The van der Waals surface area contributed by atoms with Crippen molar-refractivity contribution in [2.24, 2.45) is 10.7 Å². The van der Waals surface area contributed by atoms with E-state index in [4.69, 9.17) is 5.73 Å². The Kier molecular flexibility index (Phi) is 6.77. The van der Waals surface area contributed by atoms with Crippen LogP contribution in [0.1, 0.15) is 36.2 Å². The van der Waals surface area contributed by atoms with Gasteiger partial charge in [0.15, 0.2) is 5.96 Å². The number of nitrogens with two attached hydrogens (primary N) is 1. The smallest absolute Gasteiger partial charge is 0.251 e. The molecule has 1 aromatic carbocycles. The molecule has 6 heteroatoms. The summed E-state index contributed by atoms with van der Waals surface area (Å²) in [4.78, 5) is 18.6. The van der Waals surface area contributed by atoms with Gasteiger partial charge < -0.3 is 16.0 Å². The lowest BCUT2D eigenvalue weighted by atomic mass is 10.1. The van der Waals surface area contributed by atoms with Gasteiger partial charge in [0.25, 0.3) is 5.91 Å². The molecule has 0 radical (unpaired) electrons. The number of carbonyl (C=O) groups is 1. The van der Waals surface area contributed by atoms with Gasteiger partial charge in [0, 0.05) is 36.2 Å². The van der Waals surface area contributed by atoms with Gasteiger partial charge in [-0.2, -0.15) is 11.8 Å². The van der Waals surface area contributed by atoms with Crippen molar-refractivity contribution in [3.05, 3.63) is 35.4 Å². The predicted octanol–water partition coefficient (Wildman–Crippen LogP) is 2.08. The normalized spacial score (nSPS) is 17.0. The third-order valence-electron chi connectivity index (χ3n) is 3.96. The highest BCUT2D eigenvalue weighted by Crippen LogP contribution is 2.10. The monoisotopic (exact) mass is 334 g/mol. The summed E-state index contributed by atoms with van der Waals surface area (Å²) in [7, 11) is 0. The number of hydrogen-bond donors (Lipinski definition) is 2. The van der Waals surface area contributed by atoms with Crippen molar-refractivity contribution in [2.75, 3.05) is 24.6 Å². The number of rotatable bonds is 5. The van der Waals surface area contributed by atoms with Crippen molar-refractivity contribution in [3.8, 4) is 0 Å². The highest BCUT2D eigenvalue weighted by Gasteiger charge is 2.12. The van der Waals surface area contributed by atoms with E-state index in [0.717, 1.165) is 36.6 Å². The number of hydrogen-bond acceptors (Lipinski definition) is 3. The highest BCUT2D eigenvalue weighted by molar-refractivity contribution is 7.99. The molecule has 0 bridgehead atoms. The van der Waals surface area contributed by atoms with Crippen LogP contribution < -0.4 is 11.1 Å². The largest absolute Gasteiger partial charge is 0.370 e. The van der Waals surface area contributed by atoms with E-state index in [2.05, 4.69) is 22.1 Å². The van der Waals surface area contributed by atoms with E-state index >= 15 is 0 Å². The molecule has 0 aromatic heterocycles. The van der Waals surface area contributed by atoms with Crippen LogP contribution in [-0.4, -0.2) is 47.4 Å². The number of aliphatic imine (C=N–C) groups is 1. The second-order valence-electron chi connectivity index (χ2n) is 5.75. The van der Waals surface area contributed by atoms with Crippen LogP contribution in [-0.2, 0) is 6.54 Å². The van der Waals surface area contributed by atoms with Crippen LogP contribution in [0.5, 0.6) is 0 Å². The second kappa shape index (κ2) is 8.82. The number of nitrogens with zero attached hydrogens (tertiary/aromatic N) is 2. The Labute approximate surface area is 142 Å². The quantitative estimate of drug-likeness (QED) is 0.639. The molecule has 3 N–H and O–H groups in total. The molecule has 5 nitrogen and oxygen atoms in total. The molecule has 1 fully saturated rings. The van der Waals surface area contributed by atoms with Crippen molar-refractivity contribution in [3.63, 3.8) is 0 Å².